The van der Waals surface area contributed by atoms with Gasteiger partial charge >= 0.3 is 6.18 Å². The summed E-state index contributed by atoms with van der Waals surface area (Å²) in [6, 6.07) is 4.89. The first-order valence-corrected chi connectivity index (χ1v) is 7.66. The molecule has 0 radical (unpaired) electrons. The van der Waals surface area contributed by atoms with Crippen LogP contribution in [0.1, 0.15) is 5.56 Å². The van der Waals surface area contributed by atoms with Gasteiger partial charge in [-0.05, 0) is 24.5 Å². The number of aromatic nitrogens is 4. The van der Waals surface area contributed by atoms with Gasteiger partial charge < -0.3 is 5.32 Å². The molecule has 0 atom stereocenters. The maximum Gasteiger partial charge on any atom is 0.416 e. The zero-order valence-electron chi connectivity index (χ0n) is 11.8. The van der Waals surface area contributed by atoms with Gasteiger partial charge in [0.1, 0.15) is 17.4 Å². The quantitative estimate of drug-likeness (QED) is 0.578. The smallest absolute Gasteiger partial charge is 0.338 e. The van der Waals surface area contributed by atoms with Crippen molar-refractivity contribution in [1.82, 2.24) is 19.9 Å². The summed E-state index contributed by atoms with van der Waals surface area (Å²) in [5.41, 5.74) is 0.487. The number of nitrogens with one attached hydrogen (secondary N) is 1. The standard InChI is InChI=1S/C14H10F3N5S/c1-23-13-18-6-10-11(22-13)12(20-7-19-10)21-9-4-2-3-8(5-9)14(15,16)17/h2-7H,1H3,(H,19,20,21). The highest BCUT2D eigenvalue weighted by molar-refractivity contribution is 7.98. The fourth-order valence-corrected chi connectivity index (χ4v) is 2.28. The van der Waals surface area contributed by atoms with E-state index in [2.05, 4.69) is 25.3 Å². The van der Waals surface area contributed by atoms with E-state index in [9.17, 15) is 13.2 Å². The second-order valence-corrected chi connectivity index (χ2v) is 5.29. The van der Waals surface area contributed by atoms with Gasteiger partial charge in [-0.1, -0.05) is 17.8 Å². The molecule has 0 saturated heterocycles. The SMILES string of the molecule is CSc1ncc2ncnc(Nc3cccc(C(F)(F)F)c3)c2n1. The van der Waals surface area contributed by atoms with E-state index in [-0.39, 0.29) is 5.69 Å². The van der Waals surface area contributed by atoms with Crippen LogP contribution in [-0.2, 0) is 6.18 Å². The van der Waals surface area contributed by atoms with Crippen LogP contribution in [0.3, 0.4) is 0 Å². The summed E-state index contributed by atoms with van der Waals surface area (Å²) in [5, 5.41) is 3.39. The monoisotopic (exact) mass is 337 g/mol. The first-order valence-electron chi connectivity index (χ1n) is 6.43. The Kier molecular flexibility index (Phi) is 4.03. The van der Waals surface area contributed by atoms with Gasteiger partial charge in [0.2, 0.25) is 0 Å². The summed E-state index contributed by atoms with van der Waals surface area (Å²) in [5.74, 6) is 0.326. The molecular weight excluding hydrogens is 327 g/mol. The molecule has 0 fully saturated rings. The molecule has 1 N–H and O–H groups in total. The minimum atomic E-state index is -4.40. The van der Waals surface area contributed by atoms with Crippen LogP contribution in [0.5, 0.6) is 0 Å². The normalized spacial score (nSPS) is 11.7. The molecule has 1 aromatic carbocycles. The largest absolute Gasteiger partial charge is 0.416 e. The van der Waals surface area contributed by atoms with E-state index in [0.717, 1.165) is 12.1 Å². The molecule has 3 aromatic rings. The van der Waals surface area contributed by atoms with Crippen molar-refractivity contribution in [2.75, 3.05) is 11.6 Å². The Bertz CT molecular complexity index is 853. The van der Waals surface area contributed by atoms with E-state index >= 15 is 0 Å². The van der Waals surface area contributed by atoms with Gasteiger partial charge in [-0.2, -0.15) is 13.2 Å². The van der Waals surface area contributed by atoms with Gasteiger partial charge in [-0.15, -0.1) is 0 Å². The summed E-state index contributed by atoms with van der Waals surface area (Å²) in [4.78, 5) is 16.5. The van der Waals surface area contributed by atoms with E-state index in [4.69, 9.17) is 0 Å². The van der Waals surface area contributed by atoms with Gasteiger partial charge in [0.25, 0.3) is 0 Å². The summed E-state index contributed by atoms with van der Waals surface area (Å²) >= 11 is 1.35. The highest BCUT2D eigenvalue weighted by atomic mass is 32.2. The zero-order chi connectivity index (χ0) is 16.4. The second-order valence-electron chi connectivity index (χ2n) is 4.52. The maximum atomic E-state index is 12.8. The molecule has 0 unspecified atom stereocenters. The van der Waals surface area contributed by atoms with E-state index in [1.54, 1.807) is 6.20 Å². The fourth-order valence-electron chi connectivity index (χ4n) is 1.94. The van der Waals surface area contributed by atoms with Crippen LogP contribution in [0.2, 0.25) is 0 Å². The molecule has 3 rings (SSSR count). The van der Waals surface area contributed by atoms with Crippen molar-refractivity contribution in [2.24, 2.45) is 0 Å². The molecule has 0 spiro atoms. The van der Waals surface area contributed by atoms with Gasteiger partial charge in [-0.3, -0.25) is 0 Å². The molecule has 2 heterocycles. The van der Waals surface area contributed by atoms with Crippen molar-refractivity contribution in [3.63, 3.8) is 0 Å². The number of alkyl halides is 3. The third kappa shape index (κ3) is 3.34. The number of halogens is 3. The number of hydrogen-bond donors (Lipinski definition) is 1. The Morgan fingerprint density at radius 3 is 2.70 bits per heavy atom. The fraction of sp³-hybridized carbons (Fsp3) is 0.143. The second kappa shape index (κ2) is 5.99. The van der Waals surface area contributed by atoms with Gasteiger partial charge in [0, 0.05) is 5.69 Å². The van der Waals surface area contributed by atoms with E-state index < -0.39 is 11.7 Å². The number of fused-ring (bicyclic) bond motifs is 1. The number of hydrogen-bond acceptors (Lipinski definition) is 6. The molecule has 0 aliphatic rings. The molecule has 23 heavy (non-hydrogen) atoms. The average molecular weight is 337 g/mol. The third-order valence-corrected chi connectivity index (χ3v) is 3.55. The maximum absolute atomic E-state index is 12.8. The van der Waals surface area contributed by atoms with Crippen molar-refractivity contribution < 1.29 is 13.2 Å². The topological polar surface area (TPSA) is 63.6 Å². The molecule has 0 aliphatic carbocycles. The predicted molar refractivity (Wildman–Crippen MR) is 81.6 cm³/mol. The lowest BCUT2D eigenvalue weighted by Gasteiger charge is -2.11. The summed E-state index contributed by atoms with van der Waals surface area (Å²) < 4.78 is 38.3. The van der Waals surface area contributed by atoms with Gasteiger partial charge in [0.15, 0.2) is 11.0 Å². The highest BCUT2D eigenvalue weighted by Crippen LogP contribution is 2.31. The third-order valence-electron chi connectivity index (χ3n) is 2.99. The van der Waals surface area contributed by atoms with E-state index in [1.807, 2.05) is 6.26 Å². The molecule has 0 saturated carbocycles. The summed E-state index contributed by atoms with van der Waals surface area (Å²) in [6.07, 6.45) is 0.276. The number of thioether (sulfide) groups is 1. The molecule has 0 aliphatic heterocycles. The number of nitrogens with zero attached hydrogens (tertiary/aromatic N) is 4. The summed E-state index contributed by atoms with van der Waals surface area (Å²) in [6.45, 7) is 0. The first-order chi connectivity index (χ1) is 11.0. The van der Waals surface area contributed by atoms with Crippen LogP contribution in [-0.4, -0.2) is 26.2 Å². The van der Waals surface area contributed by atoms with Crippen LogP contribution in [0, 0.1) is 0 Å². The van der Waals surface area contributed by atoms with Gasteiger partial charge in [-0.25, -0.2) is 19.9 Å². The Morgan fingerprint density at radius 1 is 1.13 bits per heavy atom. The Morgan fingerprint density at radius 2 is 1.96 bits per heavy atom. The number of benzene rings is 1. The van der Waals surface area contributed by atoms with Gasteiger partial charge in [0.05, 0.1) is 11.8 Å². The average Bonchev–Trinajstić information content (AvgIpc) is 2.54. The van der Waals surface area contributed by atoms with Crippen molar-refractivity contribution in [2.45, 2.75) is 11.3 Å². The van der Waals surface area contributed by atoms with Crippen LogP contribution in [0.25, 0.3) is 11.0 Å². The molecular formula is C14H10F3N5S. The summed E-state index contributed by atoms with van der Waals surface area (Å²) in [7, 11) is 0. The Hall–Kier alpha value is -2.42. The minimum Gasteiger partial charge on any atom is -0.338 e. The molecule has 2 aromatic heterocycles. The molecule has 5 nitrogen and oxygen atoms in total. The highest BCUT2D eigenvalue weighted by Gasteiger charge is 2.30. The van der Waals surface area contributed by atoms with E-state index in [1.165, 1.54) is 30.2 Å². The Balaban J connectivity index is 2.02. The van der Waals surface area contributed by atoms with Crippen LogP contribution < -0.4 is 5.32 Å². The molecule has 0 bridgehead atoms. The van der Waals surface area contributed by atoms with Crippen LogP contribution in [0.15, 0.2) is 41.9 Å². The lowest BCUT2D eigenvalue weighted by molar-refractivity contribution is -0.137. The van der Waals surface area contributed by atoms with Crippen molar-refractivity contribution in [1.29, 1.82) is 0 Å². The van der Waals surface area contributed by atoms with Crippen LogP contribution in [0.4, 0.5) is 24.7 Å². The number of rotatable bonds is 3. The zero-order valence-corrected chi connectivity index (χ0v) is 12.6. The predicted octanol–water partition coefficient (Wildman–Crippen LogP) is 3.90. The molecule has 9 heteroatoms. The Labute approximate surface area is 133 Å². The van der Waals surface area contributed by atoms with Crippen molar-refractivity contribution >= 4 is 34.3 Å². The van der Waals surface area contributed by atoms with Crippen LogP contribution >= 0.6 is 11.8 Å². The van der Waals surface area contributed by atoms with Crippen molar-refractivity contribution in [3.8, 4) is 0 Å². The molecule has 0 amide bonds. The number of anilines is 2. The minimum absolute atomic E-state index is 0.268. The lowest BCUT2D eigenvalue weighted by Crippen LogP contribution is -2.05. The van der Waals surface area contributed by atoms with Crippen molar-refractivity contribution in [3.05, 3.63) is 42.4 Å². The molecule has 118 valence electrons. The van der Waals surface area contributed by atoms with E-state index in [0.29, 0.717) is 22.0 Å². The lowest BCUT2D eigenvalue weighted by atomic mass is 10.2. The first kappa shape index (κ1) is 15.5.